The first-order valence-corrected chi connectivity index (χ1v) is 5.22. The Morgan fingerprint density at radius 2 is 2.27 bits per heavy atom. The number of halogens is 3. The van der Waals surface area contributed by atoms with Gasteiger partial charge >= 0.3 is 12.1 Å². The van der Waals surface area contributed by atoms with Gasteiger partial charge in [-0.05, 0) is 35.7 Å². The van der Waals surface area contributed by atoms with E-state index < -0.39 is 18.1 Å². The van der Waals surface area contributed by atoms with Crippen molar-refractivity contribution >= 4 is 17.2 Å². The van der Waals surface area contributed by atoms with Crippen LogP contribution in [0.15, 0.2) is 16.8 Å². The van der Waals surface area contributed by atoms with E-state index in [0.29, 0.717) is 6.42 Å². The molecular weight excluding hydrogens is 227 g/mol. The van der Waals surface area contributed by atoms with Gasteiger partial charge in [0.1, 0.15) is 0 Å². The summed E-state index contributed by atoms with van der Waals surface area (Å²) in [6.07, 6.45) is -4.39. The Hall–Kier alpha value is -1.04. The number of alkyl halides is 3. The molecule has 0 radical (unpaired) electrons. The average Bonchev–Trinajstić information content (AvgIpc) is 2.54. The van der Waals surface area contributed by atoms with E-state index in [9.17, 15) is 18.0 Å². The summed E-state index contributed by atoms with van der Waals surface area (Å²) >= 11 is 1.47. The third-order valence-electron chi connectivity index (χ3n) is 1.76. The number of hydrogen-bond acceptors (Lipinski definition) is 2. The minimum Gasteiger partial charge on any atom is -0.345 e. The van der Waals surface area contributed by atoms with E-state index in [1.807, 2.05) is 22.1 Å². The summed E-state index contributed by atoms with van der Waals surface area (Å²) in [7, 11) is 0. The van der Waals surface area contributed by atoms with Gasteiger partial charge in [-0.25, -0.2) is 0 Å². The van der Waals surface area contributed by atoms with Crippen molar-refractivity contribution in [2.24, 2.45) is 0 Å². The lowest BCUT2D eigenvalue weighted by Crippen LogP contribution is -2.42. The lowest BCUT2D eigenvalue weighted by molar-refractivity contribution is -0.174. The fraction of sp³-hybridized carbons (Fsp3) is 0.444. The van der Waals surface area contributed by atoms with Crippen molar-refractivity contribution in [1.82, 2.24) is 5.32 Å². The molecule has 1 atom stereocenters. The first-order valence-electron chi connectivity index (χ1n) is 4.28. The number of thiophene rings is 1. The molecule has 2 nitrogen and oxygen atoms in total. The van der Waals surface area contributed by atoms with Gasteiger partial charge in [0, 0.05) is 6.04 Å². The highest BCUT2D eigenvalue weighted by atomic mass is 32.1. The van der Waals surface area contributed by atoms with Gasteiger partial charge in [-0.1, -0.05) is 0 Å². The number of hydrogen-bond donors (Lipinski definition) is 1. The molecule has 1 aromatic heterocycles. The lowest BCUT2D eigenvalue weighted by atomic mass is 10.1. The summed E-state index contributed by atoms with van der Waals surface area (Å²) in [5, 5.41) is 5.58. The first-order chi connectivity index (χ1) is 6.89. The van der Waals surface area contributed by atoms with E-state index in [1.54, 1.807) is 6.92 Å². The summed E-state index contributed by atoms with van der Waals surface area (Å²) in [6, 6.07) is 1.30. The van der Waals surface area contributed by atoms with Gasteiger partial charge in [-0.2, -0.15) is 24.5 Å². The Morgan fingerprint density at radius 3 is 2.73 bits per heavy atom. The first kappa shape index (κ1) is 12.0. The van der Waals surface area contributed by atoms with Gasteiger partial charge in [-0.3, -0.25) is 4.79 Å². The van der Waals surface area contributed by atoms with Gasteiger partial charge in [0.2, 0.25) is 0 Å². The van der Waals surface area contributed by atoms with Gasteiger partial charge < -0.3 is 5.32 Å². The van der Waals surface area contributed by atoms with E-state index in [0.717, 1.165) is 5.56 Å². The Balaban J connectivity index is 2.43. The molecule has 0 saturated carbocycles. The molecule has 0 aliphatic carbocycles. The van der Waals surface area contributed by atoms with Crippen LogP contribution >= 0.6 is 11.3 Å². The fourth-order valence-electron chi connectivity index (χ4n) is 1.12. The number of carbonyl (C=O) groups is 1. The van der Waals surface area contributed by atoms with Crippen LogP contribution in [0.2, 0.25) is 0 Å². The van der Waals surface area contributed by atoms with E-state index >= 15 is 0 Å². The van der Waals surface area contributed by atoms with Crippen LogP contribution in [0.25, 0.3) is 0 Å². The van der Waals surface area contributed by atoms with Gasteiger partial charge in [0.05, 0.1) is 0 Å². The molecule has 1 rings (SSSR count). The summed E-state index contributed by atoms with van der Waals surface area (Å²) in [5.41, 5.74) is 0.926. The molecule has 1 amide bonds. The molecule has 1 heterocycles. The van der Waals surface area contributed by atoms with Crippen LogP contribution in [0.4, 0.5) is 13.2 Å². The molecule has 0 fully saturated rings. The normalized spacial score (nSPS) is 13.6. The summed E-state index contributed by atoms with van der Waals surface area (Å²) < 4.78 is 35.6. The van der Waals surface area contributed by atoms with E-state index in [-0.39, 0.29) is 0 Å². The molecule has 1 N–H and O–H groups in total. The van der Waals surface area contributed by atoms with Gasteiger partial charge in [0.25, 0.3) is 0 Å². The minimum absolute atomic E-state index is 0.408. The molecule has 0 bridgehead atoms. The predicted molar refractivity (Wildman–Crippen MR) is 51.7 cm³/mol. The van der Waals surface area contributed by atoms with Gasteiger partial charge in [0.15, 0.2) is 0 Å². The zero-order valence-electron chi connectivity index (χ0n) is 7.97. The second-order valence-electron chi connectivity index (χ2n) is 3.21. The Labute approximate surface area is 89.1 Å². The molecule has 0 spiro atoms. The monoisotopic (exact) mass is 237 g/mol. The van der Waals surface area contributed by atoms with Crippen molar-refractivity contribution in [1.29, 1.82) is 0 Å². The number of nitrogens with one attached hydrogen (secondary N) is 1. The molecule has 6 heteroatoms. The van der Waals surface area contributed by atoms with Crippen LogP contribution in [0, 0.1) is 0 Å². The maximum absolute atomic E-state index is 11.9. The number of amides is 1. The van der Waals surface area contributed by atoms with Crippen molar-refractivity contribution in [3.8, 4) is 0 Å². The quantitative estimate of drug-likeness (QED) is 0.859. The molecule has 0 aromatic carbocycles. The summed E-state index contributed by atoms with van der Waals surface area (Å²) in [5.74, 6) is -1.88. The third kappa shape index (κ3) is 3.91. The average molecular weight is 237 g/mol. The molecule has 1 aromatic rings. The minimum atomic E-state index is -4.80. The Morgan fingerprint density at radius 1 is 1.60 bits per heavy atom. The standard InChI is InChI=1S/C9H10F3NOS/c1-6(4-7-2-3-15-5-7)13-8(14)9(10,11)12/h2-3,5-6H,4H2,1H3,(H,13,14). The second kappa shape index (κ2) is 4.65. The van der Waals surface area contributed by atoms with Crippen LogP contribution in [0.3, 0.4) is 0 Å². The summed E-state index contributed by atoms with van der Waals surface area (Å²) in [6.45, 7) is 1.54. The molecule has 0 saturated heterocycles. The van der Waals surface area contributed by atoms with E-state index in [1.165, 1.54) is 11.3 Å². The summed E-state index contributed by atoms with van der Waals surface area (Å²) in [4.78, 5) is 10.6. The lowest BCUT2D eigenvalue weighted by Gasteiger charge is -2.14. The maximum atomic E-state index is 11.9. The van der Waals surface area contributed by atoms with Crippen LogP contribution in [0.1, 0.15) is 12.5 Å². The van der Waals surface area contributed by atoms with Crippen molar-refractivity contribution in [2.75, 3.05) is 0 Å². The molecule has 0 aliphatic rings. The Kier molecular flexibility index (Phi) is 3.73. The topological polar surface area (TPSA) is 29.1 Å². The largest absolute Gasteiger partial charge is 0.471 e. The predicted octanol–water partition coefficient (Wildman–Crippen LogP) is 2.36. The zero-order valence-corrected chi connectivity index (χ0v) is 8.78. The zero-order chi connectivity index (χ0) is 11.5. The van der Waals surface area contributed by atoms with Crippen LogP contribution in [0.5, 0.6) is 0 Å². The Bertz CT molecular complexity index is 321. The van der Waals surface area contributed by atoms with Crippen molar-refractivity contribution < 1.29 is 18.0 Å². The highest BCUT2D eigenvalue weighted by Gasteiger charge is 2.39. The van der Waals surface area contributed by atoms with Crippen molar-refractivity contribution in [3.63, 3.8) is 0 Å². The SMILES string of the molecule is CC(Cc1ccsc1)NC(=O)C(F)(F)F. The molecule has 15 heavy (non-hydrogen) atoms. The fourth-order valence-corrected chi connectivity index (χ4v) is 1.80. The molecule has 1 unspecified atom stereocenters. The second-order valence-corrected chi connectivity index (χ2v) is 3.99. The van der Waals surface area contributed by atoms with Gasteiger partial charge in [-0.15, -0.1) is 0 Å². The smallest absolute Gasteiger partial charge is 0.345 e. The highest BCUT2D eigenvalue weighted by Crippen LogP contribution is 2.15. The van der Waals surface area contributed by atoms with E-state index in [4.69, 9.17) is 0 Å². The maximum Gasteiger partial charge on any atom is 0.471 e. The van der Waals surface area contributed by atoms with Crippen LogP contribution in [-0.4, -0.2) is 18.1 Å². The van der Waals surface area contributed by atoms with Crippen molar-refractivity contribution in [3.05, 3.63) is 22.4 Å². The molecule has 0 aliphatic heterocycles. The molecular formula is C9H10F3NOS. The van der Waals surface area contributed by atoms with Crippen LogP contribution in [-0.2, 0) is 11.2 Å². The third-order valence-corrected chi connectivity index (χ3v) is 2.49. The molecule has 84 valence electrons. The van der Waals surface area contributed by atoms with E-state index in [2.05, 4.69) is 0 Å². The van der Waals surface area contributed by atoms with Crippen molar-refractivity contribution in [2.45, 2.75) is 25.6 Å². The number of carbonyl (C=O) groups excluding carboxylic acids is 1. The highest BCUT2D eigenvalue weighted by molar-refractivity contribution is 7.07. The number of rotatable bonds is 3. The van der Waals surface area contributed by atoms with Crippen LogP contribution < -0.4 is 5.32 Å².